The number of hydrogen-bond acceptors (Lipinski definition) is 11. The van der Waals surface area contributed by atoms with Gasteiger partial charge in [0.2, 0.25) is 0 Å². The van der Waals surface area contributed by atoms with Gasteiger partial charge in [0, 0.05) is 12.2 Å². The van der Waals surface area contributed by atoms with E-state index in [4.69, 9.17) is 21.2 Å². The number of halogens is 1. The Morgan fingerprint density at radius 1 is 1.27 bits per heavy atom. The van der Waals surface area contributed by atoms with Crippen LogP contribution in [0.1, 0.15) is 58.6 Å². The maximum absolute atomic E-state index is 13.4. The van der Waals surface area contributed by atoms with E-state index in [1.54, 1.807) is 20.8 Å². The molecule has 1 saturated heterocycles. The summed E-state index contributed by atoms with van der Waals surface area (Å²) >= 11 is 8.51. The first-order chi connectivity index (χ1) is 18.9. The number of aldehydes is 1. The van der Waals surface area contributed by atoms with Gasteiger partial charge in [-0.2, -0.15) is 0 Å². The highest BCUT2D eigenvalue weighted by molar-refractivity contribution is 8.00. The number of thioether (sulfide) groups is 1. The van der Waals surface area contributed by atoms with Crippen molar-refractivity contribution < 1.29 is 38.7 Å². The topological polar surface area (TPSA) is 177 Å². The predicted octanol–water partition coefficient (Wildman–Crippen LogP) is 3.13. The van der Waals surface area contributed by atoms with Gasteiger partial charge in [-0.15, -0.1) is 11.8 Å². The van der Waals surface area contributed by atoms with E-state index in [1.807, 2.05) is 0 Å². The number of β-lactam (4-membered cyclic amide) rings is 1. The van der Waals surface area contributed by atoms with Crippen LogP contribution in [0.2, 0.25) is 4.34 Å². The summed E-state index contributed by atoms with van der Waals surface area (Å²) in [7, 11) is 0. The highest BCUT2D eigenvalue weighted by Crippen LogP contribution is 2.41. The van der Waals surface area contributed by atoms with E-state index in [-0.39, 0.29) is 44.8 Å². The molecule has 1 aromatic rings. The number of ether oxygens (including phenoxy) is 1. The summed E-state index contributed by atoms with van der Waals surface area (Å²) in [6.45, 7) is 5.11. The molecular weight excluding hydrogens is 586 g/mol. The Morgan fingerprint density at radius 2 is 1.98 bits per heavy atom. The van der Waals surface area contributed by atoms with Crippen LogP contribution in [-0.2, 0) is 28.8 Å². The monoisotopic (exact) mass is 613 g/mol. The molecule has 3 heterocycles. The van der Waals surface area contributed by atoms with Crippen LogP contribution < -0.4 is 10.6 Å². The van der Waals surface area contributed by atoms with Gasteiger partial charge in [-0.3, -0.25) is 19.8 Å². The van der Waals surface area contributed by atoms with Crippen LogP contribution in [0.5, 0.6) is 0 Å². The Hall–Kier alpha value is -3.17. The van der Waals surface area contributed by atoms with Crippen molar-refractivity contribution in [3.63, 3.8) is 0 Å². The average molecular weight is 614 g/mol. The first-order valence-electron chi connectivity index (χ1n) is 12.4. The molecule has 0 spiro atoms. The number of oxime groups is 1. The fraction of sp³-hybridized carbons (Fsp3) is 0.542. The Kier molecular flexibility index (Phi) is 9.05. The van der Waals surface area contributed by atoms with Gasteiger partial charge in [-0.1, -0.05) is 28.1 Å². The van der Waals surface area contributed by atoms with Crippen LogP contribution in [0.4, 0.5) is 9.93 Å². The number of hydrogen-bond donors (Lipinski definition) is 3. The number of aliphatic carboxylic acids is 1. The van der Waals surface area contributed by atoms with Gasteiger partial charge in [0.15, 0.2) is 10.8 Å². The van der Waals surface area contributed by atoms with Crippen LogP contribution >= 0.6 is 34.7 Å². The number of carbonyl (C=O) groups is 5. The number of fused-ring (bicyclic) bond motifs is 1. The van der Waals surface area contributed by atoms with Crippen LogP contribution in [0.25, 0.3) is 0 Å². The van der Waals surface area contributed by atoms with Crippen LogP contribution in [0.15, 0.2) is 16.4 Å². The van der Waals surface area contributed by atoms with Crippen molar-refractivity contribution in [2.75, 3.05) is 11.1 Å². The normalized spacial score (nSPS) is 21.4. The number of aromatic nitrogens is 1. The first-order valence-corrected chi connectivity index (χ1v) is 14.7. The second-order valence-electron chi connectivity index (χ2n) is 10.2. The number of carbonyl (C=O) groups excluding carboxylic acids is 4. The summed E-state index contributed by atoms with van der Waals surface area (Å²) in [4.78, 5) is 72.4. The van der Waals surface area contributed by atoms with Gasteiger partial charge in [0.05, 0.1) is 0 Å². The molecule has 0 aromatic carbocycles. The maximum Gasteiger partial charge on any atom is 0.413 e. The number of thiazole rings is 1. The minimum atomic E-state index is -1.33. The Balaban J connectivity index is 1.55. The molecule has 1 aromatic heterocycles. The molecule has 4 rings (SSSR count). The zero-order chi connectivity index (χ0) is 29.2. The van der Waals surface area contributed by atoms with Crippen molar-refractivity contribution in [3.8, 4) is 0 Å². The highest BCUT2D eigenvalue weighted by atomic mass is 35.5. The number of anilines is 1. The minimum Gasteiger partial charge on any atom is -0.477 e. The molecule has 3 amide bonds. The Labute approximate surface area is 242 Å². The van der Waals surface area contributed by atoms with Crippen molar-refractivity contribution in [1.82, 2.24) is 15.2 Å². The third-order valence-corrected chi connectivity index (χ3v) is 8.60. The number of rotatable bonds is 9. The fourth-order valence-electron chi connectivity index (χ4n) is 4.36. The van der Waals surface area contributed by atoms with Gasteiger partial charge in [0.1, 0.15) is 45.1 Å². The van der Waals surface area contributed by atoms with E-state index in [0.29, 0.717) is 11.9 Å². The van der Waals surface area contributed by atoms with E-state index >= 15 is 0 Å². The van der Waals surface area contributed by atoms with Gasteiger partial charge in [-0.05, 0) is 52.0 Å². The van der Waals surface area contributed by atoms with Gasteiger partial charge < -0.3 is 24.8 Å². The summed E-state index contributed by atoms with van der Waals surface area (Å²) < 4.78 is 5.27. The Morgan fingerprint density at radius 3 is 2.60 bits per heavy atom. The number of nitrogens with zero attached hydrogens (tertiary/aromatic N) is 3. The number of carboxylic acid groups (broad SMARTS) is 1. The van der Waals surface area contributed by atoms with E-state index in [1.165, 1.54) is 11.8 Å². The van der Waals surface area contributed by atoms with Crippen LogP contribution in [-0.4, -0.2) is 79.7 Å². The lowest BCUT2D eigenvalue weighted by Gasteiger charge is -2.49. The summed E-state index contributed by atoms with van der Waals surface area (Å²) in [6.07, 6.45) is 2.95. The maximum atomic E-state index is 13.4. The van der Waals surface area contributed by atoms with Crippen molar-refractivity contribution in [3.05, 3.63) is 21.3 Å². The molecule has 1 aliphatic carbocycles. The van der Waals surface area contributed by atoms with E-state index < -0.39 is 40.9 Å². The number of amides is 3. The Bertz CT molecular complexity index is 1280. The minimum absolute atomic E-state index is 0.0400. The first kappa shape index (κ1) is 29.8. The number of nitrogens with one attached hydrogen (secondary N) is 2. The summed E-state index contributed by atoms with van der Waals surface area (Å²) in [6, 6.07) is -1.06. The van der Waals surface area contributed by atoms with Gasteiger partial charge >= 0.3 is 12.1 Å². The average Bonchev–Trinajstić information content (AvgIpc) is 3.51. The van der Waals surface area contributed by atoms with E-state index in [0.717, 1.165) is 41.9 Å². The second kappa shape index (κ2) is 12.1. The van der Waals surface area contributed by atoms with Gasteiger partial charge in [0.25, 0.3) is 11.8 Å². The molecule has 16 heteroatoms. The molecular formula is C24H28ClN5O8S2. The zero-order valence-corrected chi connectivity index (χ0v) is 24.3. The largest absolute Gasteiger partial charge is 0.477 e. The van der Waals surface area contributed by atoms with Crippen LogP contribution in [0.3, 0.4) is 0 Å². The lowest BCUT2D eigenvalue weighted by molar-refractivity contribution is -0.150. The standard InChI is InChI=1S/C24H28ClN5O8S2/c1-24(2,3)37-23(36)28-22-27-13(17(25)40-22)14(29-38-12-6-4-5-7-12)18(32)26-15-19(33)30-16(21(34)35)11(8-9-31)10-39-20(15)30/h9,12,15,20H,4-8,10H2,1-3H3,(H,26,32)(H,34,35)(H,27,28,36). The van der Waals surface area contributed by atoms with E-state index in [9.17, 15) is 29.1 Å². The lowest BCUT2D eigenvalue weighted by Crippen LogP contribution is -2.71. The third kappa shape index (κ3) is 6.58. The smallest absolute Gasteiger partial charge is 0.413 e. The molecule has 3 N–H and O–H groups in total. The molecule has 1 saturated carbocycles. The molecule has 40 heavy (non-hydrogen) atoms. The van der Waals surface area contributed by atoms with Crippen molar-refractivity contribution >= 4 is 75.7 Å². The van der Waals surface area contributed by atoms with Crippen LogP contribution in [0, 0.1) is 0 Å². The molecule has 0 radical (unpaired) electrons. The lowest BCUT2D eigenvalue weighted by atomic mass is 10.0. The second-order valence-corrected chi connectivity index (χ2v) is 12.9. The van der Waals surface area contributed by atoms with Crippen molar-refractivity contribution in [1.29, 1.82) is 0 Å². The van der Waals surface area contributed by atoms with Crippen molar-refractivity contribution in [2.24, 2.45) is 5.16 Å². The zero-order valence-electron chi connectivity index (χ0n) is 21.9. The quantitative estimate of drug-likeness (QED) is 0.162. The molecule has 2 aliphatic heterocycles. The molecule has 3 aliphatic rings. The summed E-state index contributed by atoms with van der Waals surface area (Å²) in [5, 5.41) is 18.1. The van der Waals surface area contributed by atoms with Crippen molar-refractivity contribution in [2.45, 2.75) is 76.0 Å². The molecule has 2 atom stereocenters. The SMILES string of the molecule is CC(C)(C)OC(=O)Nc1nc(C(=NOC2CCCC2)C(=O)NC2C(=O)N3C(C(=O)O)=C(CC=O)CSC23)c(Cl)s1. The molecule has 2 fully saturated rings. The predicted molar refractivity (Wildman–Crippen MR) is 147 cm³/mol. The summed E-state index contributed by atoms with van der Waals surface area (Å²) in [5.74, 6) is -2.57. The van der Waals surface area contributed by atoms with E-state index in [2.05, 4.69) is 20.8 Å². The molecule has 13 nitrogen and oxygen atoms in total. The number of carboxylic acids is 1. The van der Waals surface area contributed by atoms with Gasteiger partial charge in [-0.25, -0.2) is 14.6 Å². The summed E-state index contributed by atoms with van der Waals surface area (Å²) in [5.41, 5.74) is -1.03. The molecule has 216 valence electrons. The molecule has 0 bridgehead atoms. The molecule has 2 unspecified atom stereocenters. The fourth-order valence-corrected chi connectivity index (χ4v) is 6.75. The highest BCUT2D eigenvalue weighted by Gasteiger charge is 2.54. The third-order valence-electron chi connectivity index (χ3n) is 6.09.